The molecular formula is C17H18F6N2O3. The maximum atomic E-state index is 12.8. The second-order valence-corrected chi connectivity index (χ2v) is 6.71. The second-order valence-electron chi connectivity index (χ2n) is 6.71. The summed E-state index contributed by atoms with van der Waals surface area (Å²) in [6.07, 6.45) is -9.14. The molecule has 0 aliphatic heterocycles. The summed E-state index contributed by atoms with van der Waals surface area (Å²) in [5, 5.41) is 13.1. The van der Waals surface area contributed by atoms with Crippen LogP contribution in [-0.2, 0) is 17.1 Å². The zero-order valence-electron chi connectivity index (χ0n) is 14.5. The van der Waals surface area contributed by atoms with Crippen molar-refractivity contribution in [2.24, 2.45) is 5.92 Å². The van der Waals surface area contributed by atoms with Crippen molar-refractivity contribution in [2.45, 2.75) is 50.5 Å². The number of carboxylic acid groups (broad SMARTS) is 1. The Kier molecular flexibility index (Phi) is 6.45. The van der Waals surface area contributed by atoms with Crippen LogP contribution in [-0.4, -0.2) is 23.1 Å². The van der Waals surface area contributed by atoms with Gasteiger partial charge >= 0.3 is 18.4 Å². The van der Waals surface area contributed by atoms with Crippen molar-refractivity contribution < 1.29 is 41.0 Å². The quantitative estimate of drug-likeness (QED) is 0.617. The first kappa shape index (κ1) is 21.8. The Morgan fingerprint density at radius 3 is 1.86 bits per heavy atom. The fourth-order valence-electron chi connectivity index (χ4n) is 3.19. The molecule has 2 rings (SSSR count). The fourth-order valence-corrected chi connectivity index (χ4v) is 3.19. The number of nitrogens with one attached hydrogen (secondary N) is 2. The largest absolute Gasteiger partial charge is 0.465 e. The lowest BCUT2D eigenvalue weighted by atomic mass is 9.84. The molecule has 3 N–H and O–H groups in total. The average Bonchev–Trinajstić information content (AvgIpc) is 2.54. The number of carbonyl (C=O) groups excluding carboxylic acids is 1. The van der Waals surface area contributed by atoms with Crippen molar-refractivity contribution >= 4 is 17.7 Å². The lowest BCUT2D eigenvalue weighted by Gasteiger charge is -2.28. The Morgan fingerprint density at radius 2 is 1.43 bits per heavy atom. The van der Waals surface area contributed by atoms with Gasteiger partial charge in [0.05, 0.1) is 11.1 Å². The SMILES string of the molecule is O=C(O)NC1CCC(CC(=O)Nc2cc(C(F)(F)F)cc(C(F)(F)F)c2)CC1. The summed E-state index contributed by atoms with van der Waals surface area (Å²) in [5.41, 5.74) is -3.58. The summed E-state index contributed by atoms with van der Waals surface area (Å²) >= 11 is 0. The van der Waals surface area contributed by atoms with Crippen LogP contribution in [0.3, 0.4) is 0 Å². The van der Waals surface area contributed by atoms with Crippen molar-refractivity contribution in [2.75, 3.05) is 5.32 Å². The van der Waals surface area contributed by atoms with E-state index in [1.54, 1.807) is 0 Å². The van der Waals surface area contributed by atoms with E-state index in [0.717, 1.165) is 0 Å². The third kappa shape index (κ3) is 6.31. The van der Waals surface area contributed by atoms with Crippen LogP contribution in [0, 0.1) is 5.92 Å². The minimum absolute atomic E-state index is 0.00756. The van der Waals surface area contributed by atoms with Crippen molar-refractivity contribution in [3.8, 4) is 0 Å². The predicted octanol–water partition coefficient (Wildman–Crippen LogP) is 4.88. The Bertz CT molecular complexity index is 692. The molecule has 1 fully saturated rings. The van der Waals surface area contributed by atoms with Crippen LogP contribution in [0.25, 0.3) is 0 Å². The molecular weight excluding hydrogens is 394 g/mol. The molecule has 11 heteroatoms. The Hall–Kier alpha value is -2.46. The lowest BCUT2D eigenvalue weighted by molar-refractivity contribution is -0.143. The van der Waals surface area contributed by atoms with Crippen LogP contribution >= 0.6 is 0 Å². The fraction of sp³-hybridized carbons (Fsp3) is 0.529. The molecule has 0 saturated heterocycles. The minimum atomic E-state index is -4.99. The van der Waals surface area contributed by atoms with Gasteiger partial charge in [-0.25, -0.2) is 4.79 Å². The molecule has 0 heterocycles. The molecule has 1 aromatic carbocycles. The molecule has 156 valence electrons. The van der Waals surface area contributed by atoms with E-state index in [9.17, 15) is 35.9 Å². The molecule has 2 amide bonds. The van der Waals surface area contributed by atoms with Gasteiger partial charge in [0.15, 0.2) is 0 Å². The van der Waals surface area contributed by atoms with Gasteiger partial charge in [-0.05, 0) is 49.8 Å². The topological polar surface area (TPSA) is 78.4 Å². The molecule has 28 heavy (non-hydrogen) atoms. The lowest BCUT2D eigenvalue weighted by Crippen LogP contribution is -2.37. The zero-order chi connectivity index (χ0) is 21.1. The Balaban J connectivity index is 2.03. The van der Waals surface area contributed by atoms with E-state index in [4.69, 9.17) is 5.11 Å². The first-order chi connectivity index (χ1) is 12.8. The maximum absolute atomic E-state index is 12.8. The van der Waals surface area contributed by atoms with E-state index in [1.807, 2.05) is 0 Å². The number of alkyl halides is 6. The number of amides is 2. The summed E-state index contributed by atoms with van der Waals surface area (Å²) in [5.74, 6) is -0.818. The van der Waals surface area contributed by atoms with Gasteiger partial charge in [0.1, 0.15) is 0 Å². The number of carbonyl (C=O) groups is 2. The molecule has 0 unspecified atom stereocenters. The number of hydrogen-bond acceptors (Lipinski definition) is 2. The van der Waals surface area contributed by atoms with Gasteiger partial charge in [0.2, 0.25) is 5.91 Å². The van der Waals surface area contributed by atoms with E-state index in [1.165, 1.54) is 0 Å². The highest BCUT2D eigenvalue weighted by molar-refractivity contribution is 5.91. The van der Waals surface area contributed by atoms with Gasteiger partial charge in [0.25, 0.3) is 0 Å². The van der Waals surface area contributed by atoms with Crippen LogP contribution < -0.4 is 10.6 Å². The summed E-state index contributed by atoms with van der Waals surface area (Å²) in [7, 11) is 0. The highest BCUT2D eigenvalue weighted by atomic mass is 19.4. The van der Waals surface area contributed by atoms with Gasteiger partial charge in [-0.15, -0.1) is 0 Å². The van der Waals surface area contributed by atoms with Crippen molar-refractivity contribution in [1.29, 1.82) is 0 Å². The van der Waals surface area contributed by atoms with E-state index in [-0.39, 0.29) is 24.4 Å². The number of anilines is 1. The van der Waals surface area contributed by atoms with Gasteiger partial charge in [0, 0.05) is 18.2 Å². The molecule has 1 saturated carbocycles. The van der Waals surface area contributed by atoms with Crippen molar-refractivity contribution in [3.63, 3.8) is 0 Å². The summed E-state index contributed by atoms with van der Waals surface area (Å²) in [4.78, 5) is 22.7. The van der Waals surface area contributed by atoms with E-state index >= 15 is 0 Å². The normalized spacial score (nSPS) is 20.5. The highest BCUT2D eigenvalue weighted by Gasteiger charge is 2.37. The van der Waals surface area contributed by atoms with Crippen LogP contribution in [0.5, 0.6) is 0 Å². The van der Waals surface area contributed by atoms with E-state index < -0.39 is 41.2 Å². The highest BCUT2D eigenvalue weighted by Crippen LogP contribution is 2.37. The van der Waals surface area contributed by atoms with Crippen molar-refractivity contribution in [3.05, 3.63) is 29.3 Å². The van der Waals surface area contributed by atoms with Crippen LogP contribution in [0.1, 0.15) is 43.2 Å². The average molecular weight is 412 g/mol. The first-order valence-electron chi connectivity index (χ1n) is 8.43. The van der Waals surface area contributed by atoms with E-state index in [2.05, 4.69) is 10.6 Å². The first-order valence-corrected chi connectivity index (χ1v) is 8.43. The molecule has 0 radical (unpaired) electrons. The van der Waals surface area contributed by atoms with Crippen LogP contribution in [0.15, 0.2) is 18.2 Å². The molecule has 0 aromatic heterocycles. The predicted molar refractivity (Wildman–Crippen MR) is 86.6 cm³/mol. The zero-order valence-corrected chi connectivity index (χ0v) is 14.5. The minimum Gasteiger partial charge on any atom is -0.465 e. The maximum Gasteiger partial charge on any atom is 0.416 e. The molecule has 1 aliphatic carbocycles. The number of hydrogen-bond donors (Lipinski definition) is 3. The second kappa shape index (κ2) is 8.27. The number of rotatable bonds is 4. The van der Waals surface area contributed by atoms with Gasteiger partial charge in [-0.3, -0.25) is 4.79 Å². The Morgan fingerprint density at radius 1 is 0.929 bits per heavy atom. The smallest absolute Gasteiger partial charge is 0.416 e. The molecule has 0 bridgehead atoms. The molecule has 5 nitrogen and oxygen atoms in total. The van der Waals surface area contributed by atoms with Crippen LogP contribution in [0.4, 0.5) is 36.8 Å². The third-order valence-corrected chi connectivity index (χ3v) is 4.52. The molecule has 0 spiro atoms. The van der Waals surface area contributed by atoms with Gasteiger partial charge in [-0.1, -0.05) is 0 Å². The molecule has 1 aliphatic rings. The molecule has 0 atom stereocenters. The number of benzene rings is 1. The Labute approximate surface area is 156 Å². The molecule has 1 aromatic rings. The monoisotopic (exact) mass is 412 g/mol. The van der Waals surface area contributed by atoms with Crippen molar-refractivity contribution in [1.82, 2.24) is 5.32 Å². The summed E-state index contributed by atoms with van der Waals surface area (Å²) < 4.78 is 77.1. The van der Waals surface area contributed by atoms with Gasteiger partial charge in [-0.2, -0.15) is 26.3 Å². The van der Waals surface area contributed by atoms with Gasteiger partial charge < -0.3 is 15.7 Å². The number of halogens is 6. The standard InChI is InChI=1S/C17H18F6N2O3/c18-16(19,20)10-6-11(17(21,22)23)8-13(7-10)24-14(26)5-9-1-3-12(4-2-9)25-15(27)28/h6-9,12,25H,1-5H2,(H,24,26)(H,27,28). The third-order valence-electron chi connectivity index (χ3n) is 4.52. The summed E-state index contributed by atoms with van der Waals surface area (Å²) in [6, 6.07) is 0.684. The summed E-state index contributed by atoms with van der Waals surface area (Å²) in [6.45, 7) is 0. The van der Waals surface area contributed by atoms with E-state index in [0.29, 0.717) is 37.8 Å². The van der Waals surface area contributed by atoms with Crippen LogP contribution in [0.2, 0.25) is 0 Å².